The summed E-state index contributed by atoms with van der Waals surface area (Å²) in [5.41, 5.74) is 0.621. The van der Waals surface area contributed by atoms with Crippen LogP contribution in [0.4, 0.5) is 8.78 Å². The van der Waals surface area contributed by atoms with Crippen molar-refractivity contribution in [3.05, 3.63) is 40.9 Å². The first-order valence-electron chi connectivity index (χ1n) is 7.16. The highest BCUT2D eigenvalue weighted by Gasteiger charge is 2.24. The zero-order valence-electron chi connectivity index (χ0n) is 12.9. The highest BCUT2D eigenvalue weighted by molar-refractivity contribution is 6.02. The number of nitrogens with one attached hydrogen (secondary N) is 1. The minimum atomic E-state index is -0.841. The molecule has 0 atom stereocenters. The van der Waals surface area contributed by atoms with Crippen LogP contribution in [0.25, 0.3) is 0 Å². The van der Waals surface area contributed by atoms with E-state index in [1.807, 2.05) is 6.92 Å². The minimum Gasteiger partial charge on any atom is -0.463 e. The molecule has 0 amide bonds. The summed E-state index contributed by atoms with van der Waals surface area (Å²) in [6, 6.07) is 0.722. The van der Waals surface area contributed by atoms with E-state index in [9.17, 15) is 13.6 Å². The maximum absolute atomic E-state index is 13.8. The van der Waals surface area contributed by atoms with Gasteiger partial charge in [-0.05, 0) is 13.8 Å². The van der Waals surface area contributed by atoms with Crippen molar-refractivity contribution < 1.29 is 23.0 Å². The maximum atomic E-state index is 13.8. The lowest BCUT2D eigenvalue weighted by atomic mass is 10.1. The molecule has 6 nitrogen and oxygen atoms in total. The van der Waals surface area contributed by atoms with E-state index < -0.39 is 17.6 Å². The first-order valence-corrected chi connectivity index (χ1v) is 7.16. The first kappa shape index (κ1) is 17.0. The Bertz CT molecular complexity index is 659. The molecular formula is C15H17F2N3O3. The molecule has 124 valence electrons. The molecule has 1 aliphatic rings. The summed E-state index contributed by atoms with van der Waals surface area (Å²) in [6.07, 6.45) is 0.898. The van der Waals surface area contributed by atoms with Crippen molar-refractivity contribution in [1.29, 1.82) is 0 Å². The molecule has 1 aromatic heterocycles. The Morgan fingerprint density at radius 3 is 2.78 bits per heavy atom. The summed E-state index contributed by atoms with van der Waals surface area (Å²) < 4.78 is 37.1. The van der Waals surface area contributed by atoms with Gasteiger partial charge in [0.15, 0.2) is 11.7 Å². The number of aliphatic imine (C=N–C) groups is 1. The summed E-state index contributed by atoms with van der Waals surface area (Å²) in [5.74, 6) is -2.01. The summed E-state index contributed by atoms with van der Waals surface area (Å²) >= 11 is 0. The third-order valence-electron chi connectivity index (χ3n) is 3.03. The van der Waals surface area contributed by atoms with Crippen LogP contribution in [0.2, 0.25) is 0 Å². The van der Waals surface area contributed by atoms with Gasteiger partial charge in [0, 0.05) is 12.7 Å². The highest BCUT2D eigenvalue weighted by Crippen LogP contribution is 2.15. The molecule has 1 aromatic rings. The molecule has 0 bridgehead atoms. The second kappa shape index (κ2) is 7.77. The monoisotopic (exact) mass is 325 g/mol. The average molecular weight is 325 g/mol. The van der Waals surface area contributed by atoms with Gasteiger partial charge in [-0.3, -0.25) is 4.99 Å². The molecule has 2 rings (SSSR count). The van der Waals surface area contributed by atoms with Crippen LogP contribution in [0.5, 0.6) is 0 Å². The fourth-order valence-electron chi connectivity index (χ4n) is 1.97. The van der Waals surface area contributed by atoms with Crippen LogP contribution in [-0.2, 0) is 14.3 Å². The Morgan fingerprint density at radius 2 is 2.13 bits per heavy atom. The van der Waals surface area contributed by atoms with Crippen molar-refractivity contribution in [2.75, 3.05) is 26.4 Å². The van der Waals surface area contributed by atoms with Crippen LogP contribution in [0.1, 0.15) is 19.5 Å². The van der Waals surface area contributed by atoms with Gasteiger partial charge >= 0.3 is 5.97 Å². The van der Waals surface area contributed by atoms with Gasteiger partial charge in [0.05, 0.1) is 37.2 Å². The largest absolute Gasteiger partial charge is 0.463 e. The van der Waals surface area contributed by atoms with Crippen molar-refractivity contribution in [2.45, 2.75) is 13.8 Å². The fraction of sp³-hybridized carbons (Fsp3) is 0.400. The molecule has 0 unspecified atom stereocenters. The molecule has 1 aliphatic heterocycles. The van der Waals surface area contributed by atoms with Gasteiger partial charge in [-0.15, -0.1) is 0 Å². The van der Waals surface area contributed by atoms with Gasteiger partial charge < -0.3 is 14.8 Å². The minimum absolute atomic E-state index is 0.00205. The van der Waals surface area contributed by atoms with Crippen LogP contribution in [-0.4, -0.2) is 43.2 Å². The molecule has 0 spiro atoms. The Hall–Kier alpha value is -2.35. The molecule has 0 saturated carbocycles. The van der Waals surface area contributed by atoms with E-state index in [2.05, 4.69) is 15.3 Å². The van der Waals surface area contributed by atoms with Crippen LogP contribution >= 0.6 is 0 Å². The molecule has 2 heterocycles. The van der Waals surface area contributed by atoms with Gasteiger partial charge in [0.2, 0.25) is 0 Å². The van der Waals surface area contributed by atoms with Crippen molar-refractivity contribution >= 4 is 11.8 Å². The number of hydrogen-bond donors (Lipinski definition) is 1. The number of rotatable bonds is 6. The number of carbonyl (C=O) groups is 1. The van der Waals surface area contributed by atoms with Gasteiger partial charge in [-0.2, -0.15) is 0 Å². The number of halogens is 2. The highest BCUT2D eigenvalue weighted by atomic mass is 19.1. The predicted molar refractivity (Wildman–Crippen MR) is 78.8 cm³/mol. The second-order valence-corrected chi connectivity index (χ2v) is 4.59. The van der Waals surface area contributed by atoms with E-state index >= 15 is 0 Å². The van der Waals surface area contributed by atoms with Gasteiger partial charge in [-0.1, -0.05) is 0 Å². The summed E-state index contributed by atoms with van der Waals surface area (Å²) in [7, 11) is 0. The summed E-state index contributed by atoms with van der Waals surface area (Å²) in [5, 5.41) is 2.83. The van der Waals surface area contributed by atoms with Crippen molar-refractivity contribution in [3.8, 4) is 0 Å². The zero-order chi connectivity index (χ0) is 16.8. The Balaban J connectivity index is 2.26. The molecule has 0 aromatic carbocycles. The molecule has 0 radical (unpaired) electrons. The molecule has 8 heteroatoms. The van der Waals surface area contributed by atoms with Gasteiger partial charge in [0.25, 0.3) is 0 Å². The van der Waals surface area contributed by atoms with E-state index in [-0.39, 0.29) is 31.3 Å². The van der Waals surface area contributed by atoms with E-state index in [0.29, 0.717) is 17.9 Å². The Morgan fingerprint density at radius 1 is 1.35 bits per heavy atom. The molecule has 0 aliphatic carbocycles. The lowest BCUT2D eigenvalue weighted by molar-refractivity contribution is -0.138. The smallest absolute Gasteiger partial charge is 0.337 e. The first-order chi connectivity index (χ1) is 11.1. The van der Waals surface area contributed by atoms with E-state index in [0.717, 1.165) is 12.3 Å². The molecule has 1 N–H and O–H groups in total. The van der Waals surface area contributed by atoms with Crippen LogP contribution in [0, 0.1) is 11.6 Å². The number of hydrogen-bond acceptors (Lipinski definition) is 6. The lowest BCUT2D eigenvalue weighted by Gasteiger charge is -2.21. The number of esters is 1. The SMILES string of the molecule is CCOCC1=C(C(=O)OCC)CN=C(c2ncc(F)cc2F)N1. The number of aromatic nitrogens is 1. The van der Waals surface area contributed by atoms with Crippen molar-refractivity contribution in [1.82, 2.24) is 10.3 Å². The molecular weight excluding hydrogens is 308 g/mol. The fourth-order valence-corrected chi connectivity index (χ4v) is 1.97. The van der Waals surface area contributed by atoms with Crippen molar-refractivity contribution in [2.24, 2.45) is 4.99 Å². The van der Waals surface area contributed by atoms with E-state index in [1.165, 1.54) is 0 Å². The van der Waals surface area contributed by atoms with Crippen molar-refractivity contribution in [3.63, 3.8) is 0 Å². The van der Waals surface area contributed by atoms with Crippen LogP contribution < -0.4 is 5.32 Å². The molecule has 23 heavy (non-hydrogen) atoms. The molecule has 0 saturated heterocycles. The molecule has 0 fully saturated rings. The van der Waals surface area contributed by atoms with Crippen LogP contribution in [0.3, 0.4) is 0 Å². The quantitative estimate of drug-likeness (QED) is 0.804. The van der Waals surface area contributed by atoms with Gasteiger partial charge in [-0.25, -0.2) is 18.6 Å². The number of amidine groups is 1. The summed E-state index contributed by atoms with van der Waals surface area (Å²) in [4.78, 5) is 19.7. The van der Waals surface area contributed by atoms with E-state index in [1.54, 1.807) is 6.92 Å². The Kier molecular flexibility index (Phi) is 5.75. The zero-order valence-corrected chi connectivity index (χ0v) is 12.9. The lowest BCUT2D eigenvalue weighted by Crippen LogP contribution is -2.35. The topological polar surface area (TPSA) is 72.8 Å². The van der Waals surface area contributed by atoms with Gasteiger partial charge in [0.1, 0.15) is 11.5 Å². The second-order valence-electron chi connectivity index (χ2n) is 4.59. The number of pyridine rings is 1. The Labute approximate surface area is 132 Å². The standard InChI is InChI=1S/C15H17F2N3O3/c1-3-22-8-12-10(15(21)23-4-2)7-19-14(20-12)13-11(17)5-9(16)6-18-13/h5-6H,3-4,7-8H2,1-2H3,(H,19,20). The average Bonchev–Trinajstić information content (AvgIpc) is 2.53. The predicted octanol–water partition coefficient (Wildman–Crippen LogP) is 1.56. The van der Waals surface area contributed by atoms with Crippen LogP contribution in [0.15, 0.2) is 28.5 Å². The third-order valence-corrected chi connectivity index (χ3v) is 3.03. The summed E-state index contributed by atoms with van der Waals surface area (Å²) in [6.45, 7) is 4.30. The maximum Gasteiger partial charge on any atom is 0.337 e. The van der Waals surface area contributed by atoms with E-state index in [4.69, 9.17) is 9.47 Å². The normalized spacial score (nSPS) is 14.3. The number of ether oxygens (including phenoxy) is 2. The number of nitrogens with zero attached hydrogens (tertiary/aromatic N) is 2. The number of carbonyl (C=O) groups excluding carboxylic acids is 1. The third kappa shape index (κ3) is 4.10.